The zero-order valence-electron chi connectivity index (χ0n) is 11.1. The monoisotopic (exact) mass is 250 g/mol. The molecule has 1 aliphatic heterocycles. The van der Waals surface area contributed by atoms with Crippen LogP contribution >= 0.6 is 0 Å². The SMILES string of the molecule is COC[C@@]1(OC)OC[C@@H](OC)[C@@H](OC)[C@@H]1OC. The molecule has 0 N–H and O–H groups in total. The Morgan fingerprint density at radius 2 is 1.76 bits per heavy atom. The van der Waals surface area contributed by atoms with Gasteiger partial charge in [0.2, 0.25) is 5.79 Å². The number of hydrogen-bond acceptors (Lipinski definition) is 6. The van der Waals surface area contributed by atoms with Crippen LogP contribution in [-0.2, 0) is 28.4 Å². The van der Waals surface area contributed by atoms with Gasteiger partial charge in [-0.3, -0.25) is 0 Å². The van der Waals surface area contributed by atoms with Crippen LogP contribution in [0.2, 0.25) is 0 Å². The number of rotatable bonds is 6. The van der Waals surface area contributed by atoms with Gasteiger partial charge in [-0.2, -0.15) is 0 Å². The molecule has 1 rings (SSSR count). The molecule has 0 bridgehead atoms. The molecule has 1 saturated heterocycles. The fourth-order valence-electron chi connectivity index (χ4n) is 2.20. The minimum Gasteiger partial charge on any atom is -0.379 e. The first-order valence-corrected chi connectivity index (χ1v) is 5.45. The molecule has 0 amide bonds. The van der Waals surface area contributed by atoms with Crippen LogP contribution in [0.25, 0.3) is 0 Å². The van der Waals surface area contributed by atoms with Gasteiger partial charge in [-0.1, -0.05) is 0 Å². The maximum absolute atomic E-state index is 5.72. The van der Waals surface area contributed by atoms with Gasteiger partial charge in [0, 0.05) is 35.5 Å². The van der Waals surface area contributed by atoms with E-state index < -0.39 is 11.9 Å². The highest BCUT2D eigenvalue weighted by Crippen LogP contribution is 2.31. The Kier molecular flexibility index (Phi) is 5.78. The summed E-state index contributed by atoms with van der Waals surface area (Å²) in [4.78, 5) is 0. The molecule has 4 atom stereocenters. The third kappa shape index (κ3) is 2.78. The van der Waals surface area contributed by atoms with Gasteiger partial charge >= 0.3 is 0 Å². The first-order chi connectivity index (χ1) is 8.18. The quantitative estimate of drug-likeness (QED) is 0.664. The summed E-state index contributed by atoms with van der Waals surface area (Å²) in [7, 11) is 7.96. The van der Waals surface area contributed by atoms with E-state index in [9.17, 15) is 0 Å². The Morgan fingerprint density at radius 3 is 2.18 bits per heavy atom. The number of methoxy groups -OCH3 is 5. The van der Waals surface area contributed by atoms with Crippen molar-refractivity contribution in [3.05, 3.63) is 0 Å². The second-order valence-electron chi connectivity index (χ2n) is 3.89. The second kappa shape index (κ2) is 6.63. The van der Waals surface area contributed by atoms with Crippen LogP contribution in [0.1, 0.15) is 0 Å². The van der Waals surface area contributed by atoms with E-state index in [1.165, 1.54) is 0 Å². The summed E-state index contributed by atoms with van der Waals surface area (Å²) in [6.07, 6.45) is -0.880. The van der Waals surface area contributed by atoms with Crippen molar-refractivity contribution in [3.63, 3.8) is 0 Å². The van der Waals surface area contributed by atoms with E-state index in [1.54, 1.807) is 35.5 Å². The van der Waals surface area contributed by atoms with Gasteiger partial charge < -0.3 is 28.4 Å². The Hall–Kier alpha value is -0.240. The van der Waals surface area contributed by atoms with Gasteiger partial charge in [-0.05, 0) is 0 Å². The minimum atomic E-state index is -0.959. The highest BCUT2D eigenvalue weighted by Gasteiger charge is 2.52. The van der Waals surface area contributed by atoms with Crippen LogP contribution in [0, 0.1) is 0 Å². The zero-order valence-corrected chi connectivity index (χ0v) is 11.1. The summed E-state index contributed by atoms with van der Waals surface area (Å²) in [5.74, 6) is -0.959. The van der Waals surface area contributed by atoms with Crippen molar-refractivity contribution in [1.29, 1.82) is 0 Å². The molecule has 0 aromatic rings. The predicted octanol–water partition coefficient (Wildman–Crippen LogP) is 0.0507. The van der Waals surface area contributed by atoms with E-state index in [4.69, 9.17) is 28.4 Å². The van der Waals surface area contributed by atoms with Crippen molar-refractivity contribution in [3.8, 4) is 0 Å². The predicted molar refractivity (Wildman–Crippen MR) is 60.0 cm³/mol. The topological polar surface area (TPSA) is 55.4 Å². The Labute approximate surface area is 102 Å². The molecule has 102 valence electrons. The normalized spacial score (nSPS) is 38.3. The summed E-state index contributed by atoms with van der Waals surface area (Å²) < 4.78 is 32.5. The molecule has 0 aromatic carbocycles. The standard InChI is InChI=1S/C11H22O6/c1-12-7-11(16-5)10(15-4)9(14-3)8(13-2)6-17-11/h8-10H,6-7H2,1-5H3/t8-,9-,10+,11-/m1/s1. The van der Waals surface area contributed by atoms with Gasteiger partial charge in [-0.15, -0.1) is 0 Å². The molecule has 6 nitrogen and oxygen atoms in total. The Bertz CT molecular complexity index is 224. The Balaban J connectivity index is 2.92. The summed E-state index contributed by atoms with van der Waals surface area (Å²) >= 11 is 0. The molecule has 1 aliphatic rings. The van der Waals surface area contributed by atoms with E-state index in [0.717, 1.165) is 0 Å². The van der Waals surface area contributed by atoms with E-state index in [1.807, 2.05) is 0 Å². The van der Waals surface area contributed by atoms with E-state index in [2.05, 4.69) is 0 Å². The van der Waals surface area contributed by atoms with Crippen LogP contribution in [0.5, 0.6) is 0 Å². The van der Waals surface area contributed by atoms with Crippen molar-refractivity contribution in [1.82, 2.24) is 0 Å². The van der Waals surface area contributed by atoms with Crippen LogP contribution in [-0.4, -0.2) is 72.9 Å². The van der Waals surface area contributed by atoms with Crippen molar-refractivity contribution < 1.29 is 28.4 Å². The highest BCUT2D eigenvalue weighted by molar-refractivity contribution is 4.95. The fraction of sp³-hybridized carbons (Fsp3) is 1.00. The zero-order chi connectivity index (χ0) is 12.9. The maximum atomic E-state index is 5.72. The average molecular weight is 250 g/mol. The molecule has 0 radical (unpaired) electrons. The molecule has 17 heavy (non-hydrogen) atoms. The highest BCUT2D eigenvalue weighted by atomic mass is 16.7. The van der Waals surface area contributed by atoms with Gasteiger partial charge in [0.15, 0.2) is 0 Å². The molecular weight excluding hydrogens is 228 g/mol. The molecule has 6 heteroatoms. The van der Waals surface area contributed by atoms with Gasteiger partial charge in [-0.25, -0.2) is 0 Å². The molecular formula is C11H22O6. The van der Waals surface area contributed by atoms with Crippen molar-refractivity contribution >= 4 is 0 Å². The van der Waals surface area contributed by atoms with Crippen molar-refractivity contribution in [2.24, 2.45) is 0 Å². The fourth-order valence-corrected chi connectivity index (χ4v) is 2.20. The second-order valence-corrected chi connectivity index (χ2v) is 3.89. The van der Waals surface area contributed by atoms with E-state index in [-0.39, 0.29) is 18.8 Å². The molecule has 0 saturated carbocycles. The largest absolute Gasteiger partial charge is 0.379 e. The third-order valence-electron chi connectivity index (χ3n) is 3.11. The smallest absolute Gasteiger partial charge is 0.221 e. The molecule has 1 fully saturated rings. The first-order valence-electron chi connectivity index (χ1n) is 5.45. The Morgan fingerprint density at radius 1 is 1.06 bits per heavy atom. The first kappa shape index (κ1) is 14.8. The van der Waals surface area contributed by atoms with Gasteiger partial charge in [0.05, 0.1) is 6.61 Å². The number of hydrogen-bond donors (Lipinski definition) is 0. The third-order valence-corrected chi connectivity index (χ3v) is 3.11. The lowest BCUT2D eigenvalue weighted by Crippen LogP contribution is -2.65. The lowest BCUT2D eigenvalue weighted by molar-refractivity contribution is -0.351. The van der Waals surface area contributed by atoms with E-state index >= 15 is 0 Å². The summed E-state index contributed by atoms with van der Waals surface area (Å²) in [6.45, 7) is 0.629. The molecule has 0 aromatic heterocycles. The maximum Gasteiger partial charge on any atom is 0.221 e. The van der Waals surface area contributed by atoms with Crippen molar-refractivity contribution in [2.45, 2.75) is 24.1 Å². The van der Waals surface area contributed by atoms with E-state index in [0.29, 0.717) is 6.61 Å². The van der Waals surface area contributed by atoms with Gasteiger partial charge in [0.1, 0.15) is 24.9 Å². The summed E-state index contributed by atoms with van der Waals surface area (Å²) in [6, 6.07) is 0. The molecule has 0 unspecified atom stereocenters. The average Bonchev–Trinajstić information content (AvgIpc) is 2.37. The van der Waals surface area contributed by atoms with Crippen molar-refractivity contribution in [2.75, 3.05) is 48.8 Å². The minimum absolute atomic E-state index is 0.190. The summed E-state index contributed by atoms with van der Waals surface area (Å²) in [5.41, 5.74) is 0. The van der Waals surface area contributed by atoms with Crippen LogP contribution in [0.3, 0.4) is 0 Å². The van der Waals surface area contributed by atoms with Gasteiger partial charge in [0.25, 0.3) is 0 Å². The number of ether oxygens (including phenoxy) is 6. The molecule has 0 aliphatic carbocycles. The van der Waals surface area contributed by atoms with Crippen LogP contribution in [0.4, 0.5) is 0 Å². The lowest BCUT2D eigenvalue weighted by Gasteiger charge is -2.47. The molecule has 0 spiro atoms. The van der Waals surface area contributed by atoms with Crippen LogP contribution < -0.4 is 0 Å². The molecule has 1 heterocycles. The summed E-state index contributed by atoms with van der Waals surface area (Å²) in [5, 5.41) is 0. The van der Waals surface area contributed by atoms with Crippen LogP contribution in [0.15, 0.2) is 0 Å². The lowest BCUT2D eigenvalue weighted by atomic mass is 9.96.